The number of fused-ring (bicyclic) bond motifs is 1. The molecule has 154 valence electrons. The van der Waals surface area contributed by atoms with Crippen LogP contribution in [0.5, 0.6) is 0 Å². The first kappa shape index (κ1) is 19.8. The van der Waals surface area contributed by atoms with Crippen molar-refractivity contribution in [2.75, 3.05) is 6.61 Å². The van der Waals surface area contributed by atoms with Crippen molar-refractivity contribution < 1.29 is 18.3 Å². The SMILES string of the molecule is CCOC(=O)Cc1cn(Cc2ccc(-c3cnn(C)c3)cc2F)c2cccc(F)c12. The minimum Gasteiger partial charge on any atom is -0.466 e. The largest absolute Gasteiger partial charge is 0.466 e. The van der Waals surface area contributed by atoms with Gasteiger partial charge >= 0.3 is 5.97 Å². The maximum absolute atomic E-state index is 14.8. The third-order valence-corrected chi connectivity index (χ3v) is 5.01. The van der Waals surface area contributed by atoms with Gasteiger partial charge in [-0.2, -0.15) is 5.10 Å². The van der Waals surface area contributed by atoms with Crippen LogP contribution in [0.2, 0.25) is 0 Å². The second-order valence-electron chi connectivity index (χ2n) is 7.11. The number of carbonyl (C=O) groups excluding carboxylic acids is 1. The van der Waals surface area contributed by atoms with Crippen LogP contribution < -0.4 is 0 Å². The Morgan fingerprint density at radius 1 is 1.07 bits per heavy atom. The fourth-order valence-corrected chi connectivity index (χ4v) is 3.63. The van der Waals surface area contributed by atoms with Gasteiger partial charge in [-0.15, -0.1) is 0 Å². The molecule has 0 aliphatic carbocycles. The highest BCUT2D eigenvalue weighted by Gasteiger charge is 2.17. The Balaban J connectivity index is 1.68. The van der Waals surface area contributed by atoms with Gasteiger partial charge in [-0.05, 0) is 36.2 Å². The van der Waals surface area contributed by atoms with Crippen LogP contribution in [0.4, 0.5) is 8.78 Å². The van der Waals surface area contributed by atoms with E-state index in [2.05, 4.69) is 5.10 Å². The molecule has 0 N–H and O–H groups in total. The van der Waals surface area contributed by atoms with Crippen LogP contribution in [0, 0.1) is 11.6 Å². The van der Waals surface area contributed by atoms with Gasteiger partial charge in [0.1, 0.15) is 11.6 Å². The van der Waals surface area contributed by atoms with Crippen molar-refractivity contribution in [3.8, 4) is 11.1 Å². The summed E-state index contributed by atoms with van der Waals surface area (Å²) >= 11 is 0. The molecule has 7 heteroatoms. The summed E-state index contributed by atoms with van der Waals surface area (Å²) in [5.74, 6) is -1.20. The summed E-state index contributed by atoms with van der Waals surface area (Å²) in [7, 11) is 1.80. The molecular weight excluding hydrogens is 388 g/mol. The Hall–Kier alpha value is -3.48. The summed E-state index contributed by atoms with van der Waals surface area (Å²) in [4.78, 5) is 11.9. The number of carbonyl (C=O) groups is 1. The standard InChI is InChI=1S/C23H21F2N3O2/c1-3-30-22(29)10-17-14-28(21-6-4-5-19(24)23(17)21)13-16-8-7-15(9-20(16)25)18-11-26-27(2)12-18/h4-9,11-12,14H,3,10,13H2,1-2H3. The second-order valence-corrected chi connectivity index (χ2v) is 7.11. The van der Waals surface area contributed by atoms with Crippen molar-refractivity contribution in [3.63, 3.8) is 0 Å². The number of benzene rings is 2. The first-order valence-corrected chi connectivity index (χ1v) is 9.65. The minimum atomic E-state index is -0.424. The van der Waals surface area contributed by atoms with Gasteiger partial charge in [0.25, 0.3) is 0 Å². The summed E-state index contributed by atoms with van der Waals surface area (Å²) in [6, 6.07) is 9.73. The Labute approximate surface area is 172 Å². The van der Waals surface area contributed by atoms with Crippen LogP contribution in [0.25, 0.3) is 22.0 Å². The Kier molecular flexibility index (Phi) is 5.35. The summed E-state index contributed by atoms with van der Waals surface area (Å²) in [6.07, 6.45) is 5.15. The summed E-state index contributed by atoms with van der Waals surface area (Å²) in [5, 5.41) is 4.47. The molecule has 0 atom stereocenters. The van der Waals surface area contributed by atoms with E-state index in [0.29, 0.717) is 22.0 Å². The van der Waals surface area contributed by atoms with Crippen molar-refractivity contribution in [1.82, 2.24) is 14.3 Å². The molecule has 0 bridgehead atoms. The molecule has 0 aliphatic rings. The highest BCUT2D eigenvalue weighted by atomic mass is 19.1. The van der Waals surface area contributed by atoms with Crippen molar-refractivity contribution in [1.29, 1.82) is 0 Å². The molecular formula is C23H21F2N3O2. The highest BCUT2D eigenvalue weighted by molar-refractivity contribution is 5.88. The molecule has 4 aromatic rings. The summed E-state index contributed by atoms with van der Waals surface area (Å²) < 4.78 is 37.8. The predicted octanol–water partition coefficient (Wildman–Crippen LogP) is 4.47. The predicted molar refractivity (Wildman–Crippen MR) is 110 cm³/mol. The zero-order valence-corrected chi connectivity index (χ0v) is 16.7. The number of aromatic nitrogens is 3. The van der Waals surface area contributed by atoms with E-state index in [-0.39, 0.29) is 25.4 Å². The lowest BCUT2D eigenvalue weighted by atomic mass is 10.1. The quantitative estimate of drug-likeness (QED) is 0.442. The third-order valence-electron chi connectivity index (χ3n) is 5.01. The van der Waals surface area contributed by atoms with Crippen molar-refractivity contribution in [2.45, 2.75) is 19.9 Å². The van der Waals surface area contributed by atoms with E-state index in [1.807, 2.05) is 12.3 Å². The van der Waals surface area contributed by atoms with Crippen LogP contribution in [0.3, 0.4) is 0 Å². The topological polar surface area (TPSA) is 49.1 Å². The number of halogens is 2. The van der Waals surface area contributed by atoms with Gasteiger partial charge < -0.3 is 9.30 Å². The number of esters is 1. The van der Waals surface area contributed by atoms with Gasteiger partial charge in [-0.1, -0.05) is 18.2 Å². The molecule has 30 heavy (non-hydrogen) atoms. The number of ether oxygens (including phenoxy) is 1. The monoisotopic (exact) mass is 409 g/mol. The van der Waals surface area contributed by atoms with Gasteiger partial charge in [0.15, 0.2) is 0 Å². The molecule has 0 saturated carbocycles. The van der Waals surface area contributed by atoms with Crippen LogP contribution in [0.15, 0.2) is 55.0 Å². The molecule has 0 unspecified atom stereocenters. The zero-order chi connectivity index (χ0) is 21.3. The minimum absolute atomic E-state index is 0.0410. The van der Waals surface area contributed by atoms with E-state index in [4.69, 9.17) is 4.74 Å². The molecule has 4 rings (SSSR count). The molecule has 5 nitrogen and oxygen atoms in total. The normalized spacial score (nSPS) is 11.2. The Bertz CT molecular complexity index is 1230. The van der Waals surface area contributed by atoms with E-state index in [1.165, 1.54) is 12.1 Å². The van der Waals surface area contributed by atoms with Crippen molar-refractivity contribution in [2.24, 2.45) is 7.05 Å². The Morgan fingerprint density at radius 3 is 2.60 bits per heavy atom. The summed E-state index contributed by atoms with van der Waals surface area (Å²) in [5.41, 5.74) is 3.15. The van der Waals surface area contributed by atoms with E-state index in [0.717, 1.165) is 11.1 Å². The average molecular weight is 409 g/mol. The van der Waals surface area contributed by atoms with Gasteiger partial charge in [-0.3, -0.25) is 9.48 Å². The molecule has 0 saturated heterocycles. The zero-order valence-electron chi connectivity index (χ0n) is 16.7. The van der Waals surface area contributed by atoms with E-state index >= 15 is 0 Å². The second kappa shape index (κ2) is 8.10. The van der Waals surface area contributed by atoms with Gasteiger partial charge in [0.05, 0.1) is 31.3 Å². The maximum atomic E-state index is 14.8. The van der Waals surface area contributed by atoms with E-state index in [9.17, 15) is 13.6 Å². The number of nitrogens with zero attached hydrogens (tertiary/aromatic N) is 3. The van der Waals surface area contributed by atoms with Gasteiger partial charge in [0.2, 0.25) is 0 Å². The van der Waals surface area contributed by atoms with Gasteiger partial charge in [-0.25, -0.2) is 8.78 Å². The Morgan fingerprint density at radius 2 is 1.90 bits per heavy atom. The van der Waals surface area contributed by atoms with Crippen LogP contribution >= 0.6 is 0 Å². The lowest BCUT2D eigenvalue weighted by Crippen LogP contribution is -2.07. The first-order valence-electron chi connectivity index (χ1n) is 9.65. The molecule has 0 amide bonds. The third kappa shape index (κ3) is 3.83. The van der Waals surface area contributed by atoms with E-state index < -0.39 is 11.8 Å². The highest BCUT2D eigenvalue weighted by Crippen LogP contribution is 2.27. The lowest BCUT2D eigenvalue weighted by Gasteiger charge is -2.08. The summed E-state index contributed by atoms with van der Waals surface area (Å²) in [6.45, 7) is 2.19. The first-order chi connectivity index (χ1) is 14.5. The molecule has 2 heterocycles. The molecule has 0 radical (unpaired) electrons. The van der Waals surface area contributed by atoms with Gasteiger partial charge in [0, 0.05) is 36.0 Å². The molecule has 0 aliphatic heterocycles. The average Bonchev–Trinajstić information content (AvgIpc) is 3.28. The number of aryl methyl sites for hydroxylation is 1. The number of hydrogen-bond donors (Lipinski definition) is 0. The van der Waals surface area contributed by atoms with Crippen LogP contribution in [-0.2, 0) is 29.5 Å². The fraction of sp³-hybridized carbons (Fsp3) is 0.217. The number of rotatable bonds is 6. The number of hydrogen-bond acceptors (Lipinski definition) is 3. The smallest absolute Gasteiger partial charge is 0.310 e. The fourth-order valence-electron chi connectivity index (χ4n) is 3.63. The molecule has 0 fully saturated rings. The maximum Gasteiger partial charge on any atom is 0.310 e. The molecule has 0 spiro atoms. The van der Waals surface area contributed by atoms with Crippen molar-refractivity contribution >= 4 is 16.9 Å². The molecule has 2 aromatic heterocycles. The molecule has 2 aromatic carbocycles. The lowest BCUT2D eigenvalue weighted by molar-refractivity contribution is -0.142. The van der Waals surface area contributed by atoms with Crippen molar-refractivity contribution in [3.05, 3.63) is 77.8 Å². The van der Waals surface area contributed by atoms with Crippen LogP contribution in [0.1, 0.15) is 18.1 Å². The van der Waals surface area contributed by atoms with Crippen LogP contribution in [-0.4, -0.2) is 26.9 Å². The van der Waals surface area contributed by atoms with E-state index in [1.54, 1.807) is 53.8 Å².